The van der Waals surface area contributed by atoms with Crippen molar-refractivity contribution in [3.05, 3.63) is 0 Å². The number of rotatable bonds is 1. The summed E-state index contributed by atoms with van der Waals surface area (Å²) in [5, 5.41) is 0. The van der Waals surface area contributed by atoms with Crippen LogP contribution < -0.4 is 0 Å². The highest BCUT2D eigenvalue weighted by Gasteiger charge is 2.20. The highest BCUT2D eigenvalue weighted by molar-refractivity contribution is 6.45. The molecule has 0 aromatic carbocycles. The van der Waals surface area contributed by atoms with Crippen LogP contribution in [0.25, 0.3) is 0 Å². The molecule has 0 radical (unpaired) electrons. The number of carbonyl (C=O) groups is 2. The Hall–Kier alpha value is -1.72. The third-order valence-corrected chi connectivity index (χ3v) is 1.21. The second-order valence-electron chi connectivity index (χ2n) is 2.18. The van der Waals surface area contributed by atoms with E-state index in [1.54, 1.807) is 6.92 Å². The van der Waals surface area contributed by atoms with Gasteiger partial charge in [0.25, 0.3) is 5.90 Å². The molecule has 70 valence electrons. The molecule has 0 spiro atoms. The van der Waals surface area contributed by atoms with Crippen LogP contribution in [0.5, 0.6) is 0 Å². The van der Waals surface area contributed by atoms with E-state index in [0.717, 1.165) is 0 Å². The first-order chi connectivity index (χ1) is 6.13. The number of hydrogen-bond acceptors (Lipinski definition) is 4. The number of nitrogens with zero attached hydrogens (tertiary/aromatic N) is 2. The summed E-state index contributed by atoms with van der Waals surface area (Å²) in [4.78, 5) is 28.1. The number of hydrogen-bond donors (Lipinski definition) is 0. The Morgan fingerprint density at radius 1 is 1.46 bits per heavy atom. The van der Waals surface area contributed by atoms with Crippen LogP contribution >= 0.6 is 0 Å². The lowest BCUT2D eigenvalue weighted by molar-refractivity contribution is 0.102. The van der Waals surface area contributed by atoms with Gasteiger partial charge < -0.3 is 9.47 Å². The topological polar surface area (TPSA) is 77.3 Å². The van der Waals surface area contributed by atoms with E-state index in [0.29, 0.717) is 0 Å². The van der Waals surface area contributed by atoms with Crippen molar-refractivity contribution in [1.29, 1.82) is 0 Å². The lowest BCUT2D eigenvalue weighted by atomic mass is 10.4. The number of aliphatic imine (C=N–C) groups is 2. The highest BCUT2D eigenvalue weighted by atomic mass is 16.7. The summed E-state index contributed by atoms with van der Waals surface area (Å²) in [6.45, 7) is 3.36. The average molecular weight is 184 g/mol. The molecule has 0 saturated carbocycles. The van der Waals surface area contributed by atoms with E-state index in [-0.39, 0.29) is 18.2 Å². The zero-order chi connectivity index (χ0) is 9.84. The van der Waals surface area contributed by atoms with E-state index < -0.39 is 12.2 Å². The number of amides is 2. The minimum absolute atomic E-state index is 0.0940. The van der Waals surface area contributed by atoms with Gasteiger partial charge in [0.2, 0.25) is 0 Å². The van der Waals surface area contributed by atoms with Gasteiger partial charge in [-0.3, -0.25) is 0 Å². The third-order valence-electron chi connectivity index (χ3n) is 1.21. The zero-order valence-electron chi connectivity index (χ0n) is 7.23. The maximum absolute atomic E-state index is 10.8. The summed E-state index contributed by atoms with van der Waals surface area (Å²) in [7, 11) is 0. The van der Waals surface area contributed by atoms with Gasteiger partial charge >= 0.3 is 12.2 Å². The van der Waals surface area contributed by atoms with Crippen molar-refractivity contribution in [2.75, 3.05) is 6.61 Å². The molecule has 6 heteroatoms. The maximum atomic E-state index is 10.8. The van der Waals surface area contributed by atoms with Crippen molar-refractivity contribution in [1.82, 2.24) is 0 Å². The van der Waals surface area contributed by atoms with E-state index in [4.69, 9.17) is 0 Å². The van der Waals surface area contributed by atoms with Crippen LogP contribution in [0.1, 0.15) is 13.8 Å². The van der Waals surface area contributed by atoms with Gasteiger partial charge in [-0.2, -0.15) is 9.98 Å². The van der Waals surface area contributed by atoms with E-state index in [1.807, 2.05) is 0 Å². The van der Waals surface area contributed by atoms with Crippen LogP contribution in [0.2, 0.25) is 0 Å². The van der Waals surface area contributed by atoms with Crippen LogP contribution in [0.4, 0.5) is 9.59 Å². The van der Waals surface area contributed by atoms with Gasteiger partial charge in [0.05, 0.1) is 6.61 Å². The van der Waals surface area contributed by atoms with Gasteiger partial charge in [0, 0.05) is 0 Å². The van der Waals surface area contributed by atoms with Crippen LogP contribution in [-0.4, -0.2) is 30.4 Å². The van der Waals surface area contributed by atoms with E-state index in [1.165, 1.54) is 6.92 Å². The van der Waals surface area contributed by atoms with Crippen molar-refractivity contribution in [2.24, 2.45) is 9.98 Å². The normalized spacial score (nSPS) is 15.1. The van der Waals surface area contributed by atoms with Gasteiger partial charge in [-0.1, -0.05) is 0 Å². The molecule has 0 unspecified atom stereocenters. The molecule has 0 atom stereocenters. The van der Waals surface area contributed by atoms with Crippen molar-refractivity contribution < 1.29 is 19.1 Å². The summed E-state index contributed by atoms with van der Waals surface area (Å²) >= 11 is 0. The molecule has 1 aliphatic rings. The number of ether oxygens (including phenoxy) is 2. The number of urea groups is 1. The SMILES string of the molecule is CCOC(=O)OC1=NC(=O)N=C1C. The largest absolute Gasteiger partial charge is 0.515 e. The molecule has 13 heavy (non-hydrogen) atoms. The molecule has 1 rings (SSSR count). The Bertz CT molecular complexity index is 306. The van der Waals surface area contributed by atoms with Gasteiger partial charge in [0.15, 0.2) is 0 Å². The number of carbonyl (C=O) groups excluding carboxylic acids is 2. The Morgan fingerprint density at radius 3 is 2.62 bits per heavy atom. The predicted molar refractivity (Wildman–Crippen MR) is 44.0 cm³/mol. The fourth-order valence-electron chi connectivity index (χ4n) is 0.707. The second kappa shape index (κ2) is 3.79. The van der Waals surface area contributed by atoms with Gasteiger partial charge in [-0.05, 0) is 13.8 Å². The zero-order valence-corrected chi connectivity index (χ0v) is 7.23. The summed E-state index contributed by atoms with van der Waals surface area (Å²) in [5.41, 5.74) is 0.276. The molecule has 0 aliphatic carbocycles. The summed E-state index contributed by atoms with van der Waals surface area (Å²) in [6, 6.07) is -0.670. The Kier molecular flexibility index (Phi) is 2.73. The Balaban J connectivity index is 2.56. The lowest BCUT2D eigenvalue weighted by Crippen LogP contribution is -2.17. The van der Waals surface area contributed by atoms with Crippen LogP contribution in [0, 0.1) is 0 Å². The summed E-state index contributed by atoms with van der Waals surface area (Å²) in [6.07, 6.45) is -0.884. The Labute approximate surface area is 74.3 Å². The molecule has 0 saturated heterocycles. The first-order valence-corrected chi connectivity index (χ1v) is 3.66. The molecule has 0 aromatic heterocycles. The fourth-order valence-corrected chi connectivity index (χ4v) is 0.707. The first kappa shape index (κ1) is 9.37. The molecule has 6 nitrogen and oxygen atoms in total. The van der Waals surface area contributed by atoms with Crippen molar-refractivity contribution in [3.63, 3.8) is 0 Å². The van der Waals surface area contributed by atoms with Crippen LogP contribution in [0.3, 0.4) is 0 Å². The van der Waals surface area contributed by atoms with Gasteiger partial charge in [-0.15, -0.1) is 0 Å². The molecule has 0 bridgehead atoms. The summed E-state index contributed by atoms with van der Waals surface area (Å²) < 4.78 is 9.05. The van der Waals surface area contributed by atoms with E-state index in [9.17, 15) is 9.59 Å². The fraction of sp³-hybridized carbons (Fsp3) is 0.429. The second-order valence-corrected chi connectivity index (χ2v) is 2.18. The molecule has 1 aliphatic heterocycles. The van der Waals surface area contributed by atoms with Gasteiger partial charge in [0.1, 0.15) is 5.71 Å². The molecular formula is C7H8N2O4. The minimum Gasteiger partial charge on any atom is -0.434 e. The average Bonchev–Trinajstić information content (AvgIpc) is 2.30. The molecule has 1 heterocycles. The quantitative estimate of drug-likeness (QED) is 0.572. The van der Waals surface area contributed by atoms with E-state index >= 15 is 0 Å². The maximum Gasteiger partial charge on any atom is 0.515 e. The monoisotopic (exact) mass is 184 g/mol. The van der Waals surface area contributed by atoms with Crippen LogP contribution in [0.15, 0.2) is 9.98 Å². The van der Waals surface area contributed by atoms with Crippen molar-refractivity contribution >= 4 is 23.8 Å². The van der Waals surface area contributed by atoms with Gasteiger partial charge in [-0.25, -0.2) is 9.59 Å². The highest BCUT2D eigenvalue weighted by Crippen LogP contribution is 2.01. The smallest absolute Gasteiger partial charge is 0.434 e. The van der Waals surface area contributed by atoms with E-state index in [2.05, 4.69) is 19.5 Å². The molecule has 2 amide bonds. The molecule has 0 fully saturated rings. The standard InChI is InChI=1S/C7H8N2O4/c1-3-12-7(11)13-5-4(2)8-6(10)9-5/h3H2,1-2H3. The summed E-state index contributed by atoms with van der Waals surface area (Å²) in [5.74, 6) is -0.0940. The predicted octanol–water partition coefficient (Wildman–Crippen LogP) is 1.15. The molecule has 0 N–H and O–H groups in total. The lowest BCUT2D eigenvalue weighted by Gasteiger charge is -2.01. The molecule has 0 aromatic rings. The van der Waals surface area contributed by atoms with Crippen LogP contribution in [-0.2, 0) is 9.47 Å². The van der Waals surface area contributed by atoms with Crippen molar-refractivity contribution in [2.45, 2.75) is 13.8 Å². The minimum atomic E-state index is -0.884. The first-order valence-electron chi connectivity index (χ1n) is 3.66. The molecular weight excluding hydrogens is 176 g/mol. The van der Waals surface area contributed by atoms with Crippen molar-refractivity contribution in [3.8, 4) is 0 Å². The Morgan fingerprint density at radius 2 is 2.15 bits per heavy atom. The third kappa shape index (κ3) is 2.36.